The van der Waals surface area contributed by atoms with Crippen LogP contribution in [0.15, 0.2) is 18.3 Å². The highest BCUT2D eigenvalue weighted by molar-refractivity contribution is 5.95. The number of esters is 1. The molecule has 0 bridgehead atoms. The van der Waals surface area contributed by atoms with Gasteiger partial charge in [-0.3, -0.25) is 14.6 Å². The maximum absolute atomic E-state index is 12.3. The number of rotatable bonds is 4. The molecule has 0 aliphatic heterocycles. The smallest absolute Gasteiger partial charge is 0.325 e. The molecule has 0 radical (unpaired) electrons. The molecule has 0 aliphatic rings. The summed E-state index contributed by atoms with van der Waals surface area (Å²) in [6, 6.07) is 3.49. The summed E-state index contributed by atoms with van der Waals surface area (Å²) in [7, 11) is 1.30. The van der Waals surface area contributed by atoms with E-state index in [1.165, 1.54) is 12.0 Å². The normalized spacial score (nSPS) is 10.3. The molecule has 1 aromatic heterocycles. The molecule has 5 heteroatoms. The maximum atomic E-state index is 12.3. The lowest BCUT2D eigenvalue weighted by molar-refractivity contribution is -0.141. The van der Waals surface area contributed by atoms with Gasteiger partial charge in [0.15, 0.2) is 0 Å². The standard InChI is InChI=1S/C13H18N2O3/c1-9(2)15(8-11(16)18-4)13(17)12-10(3)6-5-7-14-12/h5-7,9H,8H2,1-4H3. The van der Waals surface area contributed by atoms with E-state index in [4.69, 9.17) is 0 Å². The molecule has 0 unspecified atom stereocenters. The summed E-state index contributed by atoms with van der Waals surface area (Å²) in [5.41, 5.74) is 1.16. The molecular formula is C13H18N2O3. The van der Waals surface area contributed by atoms with Gasteiger partial charge in [-0.1, -0.05) is 6.07 Å². The number of aromatic nitrogens is 1. The highest BCUT2D eigenvalue weighted by atomic mass is 16.5. The zero-order valence-electron chi connectivity index (χ0n) is 11.1. The maximum Gasteiger partial charge on any atom is 0.325 e. The van der Waals surface area contributed by atoms with Crippen LogP contribution in [0.4, 0.5) is 0 Å². The second kappa shape index (κ2) is 6.14. The van der Waals surface area contributed by atoms with E-state index < -0.39 is 5.97 Å². The minimum atomic E-state index is -0.439. The number of carbonyl (C=O) groups excluding carboxylic acids is 2. The van der Waals surface area contributed by atoms with Gasteiger partial charge in [0, 0.05) is 12.2 Å². The Bertz CT molecular complexity index is 444. The van der Waals surface area contributed by atoms with E-state index in [-0.39, 0.29) is 18.5 Å². The van der Waals surface area contributed by atoms with Crippen LogP contribution >= 0.6 is 0 Å². The van der Waals surface area contributed by atoms with Crippen LogP contribution in [-0.2, 0) is 9.53 Å². The quantitative estimate of drug-likeness (QED) is 0.758. The zero-order valence-corrected chi connectivity index (χ0v) is 11.1. The lowest BCUT2D eigenvalue weighted by atomic mass is 10.2. The lowest BCUT2D eigenvalue weighted by Crippen LogP contribution is -2.41. The number of hydrogen-bond donors (Lipinski definition) is 0. The molecule has 0 aromatic carbocycles. The first-order valence-electron chi connectivity index (χ1n) is 5.76. The van der Waals surface area contributed by atoms with E-state index in [1.54, 1.807) is 12.3 Å². The van der Waals surface area contributed by atoms with Crippen molar-refractivity contribution in [1.29, 1.82) is 0 Å². The van der Waals surface area contributed by atoms with Gasteiger partial charge in [-0.15, -0.1) is 0 Å². The van der Waals surface area contributed by atoms with Gasteiger partial charge in [-0.2, -0.15) is 0 Å². The Balaban J connectivity index is 2.97. The zero-order chi connectivity index (χ0) is 13.7. The molecule has 1 rings (SSSR count). The van der Waals surface area contributed by atoms with Gasteiger partial charge >= 0.3 is 5.97 Å². The molecule has 98 valence electrons. The van der Waals surface area contributed by atoms with E-state index in [9.17, 15) is 9.59 Å². The molecular weight excluding hydrogens is 232 g/mol. The third-order valence-electron chi connectivity index (χ3n) is 2.62. The van der Waals surface area contributed by atoms with Crippen molar-refractivity contribution in [3.8, 4) is 0 Å². The van der Waals surface area contributed by atoms with E-state index in [1.807, 2.05) is 26.8 Å². The summed E-state index contributed by atoms with van der Waals surface area (Å²) < 4.78 is 4.59. The van der Waals surface area contributed by atoms with Gasteiger partial charge in [-0.05, 0) is 32.4 Å². The lowest BCUT2D eigenvalue weighted by Gasteiger charge is -2.25. The molecule has 0 atom stereocenters. The van der Waals surface area contributed by atoms with Crippen LogP contribution in [0, 0.1) is 6.92 Å². The van der Waals surface area contributed by atoms with Crippen LogP contribution in [0.1, 0.15) is 29.9 Å². The van der Waals surface area contributed by atoms with Gasteiger partial charge in [0.25, 0.3) is 5.91 Å². The Kier molecular flexibility index (Phi) is 4.83. The Labute approximate surface area is 107 Å². The first-order valence-corrected chi connectivity index (χ1v) is 5.76. The van der Waals surface area contributed by atoms with Crippen molar-refractivity contribution in [2.24, 2.45) is 0 Å². The number of hydrogen-bond acceptors (Lipinski definition) is 4. The minimum Gasteiger partial charge on any atom is -0.468 e. The first-order chi connectivity index (χ1) is 8.47. The summed E-state index contributed by atoms with van der Waals surface area (Å²) >= 11 is 0. The van der Waals surface area contributed by atoms with Gasteiger partial charge in [0.05, 0.1) is 7.11 Å². The van der Waals surface area contributed by atoms with E-state index in [0.717, 1.165) is 5.56 Å². The van der Waals surface area contributed by atoms with Gasteiger partial charge in [0.2, 0.25) is 0 Å². The largest absolute Gasteiger partial charge is 0.468 e. The summed E-state index contributed by atoms with van der Waals surface area (Å²) in [6.45, 7) is 5.44. The van der Waals surface area contributed by atoms with Crippen molar-refractivity contribution < 1.29 is 14.3 Å². The highest BCUT2D eigenvalue weighted by Crippen LogP contribution is 2.10. The fourth-order valence-corrected chi connectivity index (χ4v) is 1.54. The number of pyridine rings is 1. The van der Waals surface area contributed by atoms with Crippen molar-refractivity contribution in [3.63, 3.8) is 0 Å². The van der Waals surface area contributed by atoms with Crippen LogP contribution in [0.2, 0.25) is 0 Å². The minimum absolute atomic E-state index is 0.0665. The van der Waals surface area contributed by atoms with Gasteiger partial charge in [-0.25, -0.2) is 0 Å². The SMILES string of the molecule is COC(=O)CN(C(=O)c1ncccc1C)C(C)C. The van der Waals surface area contributed by atoms with E-state index >= 15 is 0 Å². The van der Waals surface area contributed by atoms with Crippen LogP contribution in [-0.4, -0.2) is 41.5 Å². The Morgan fingerprint density at radius 3 is 2.61 bits per heavy atom. The van der Waals surface area contributed by atoms with E-state index in [2.05, 4.69) is 9.72 Å². The molecule has 1 heterocycles. The Morgan fingerprint density at radius 2 is 2.11 bits per heavy atom. The molecule has 18 heavy (non-hydrogen) atoms. The number of nitrogens with zero attached hydrogens (tertiary/aromatic N) is 2. The predicted molar refractivity (Wildman–Crippen MR) is 67.2 cm³/mol. The number of methoxy groups -OCH3 is 1. The monoisotopic (exact) mass is 250 g/mol. The molecule has 0 fully saturated rings. The third kappa shape index (κ3) is 3.29. The number of amides is 1. The van der Waals surface area contributed by atoms with Crippen LogP contribution in [0.5, 0.6) is 0 Å². The van der Waals surface area contributed by atoms with Crippen LogP contribution < -0.4 is 0 Å². The fraction of sp³-hybridized carbons (Fsp3) is 0.462. The molecule has 1 amide bonds. The fourth-order valence-electron chi connectivity index (χ4n) is 1.54. The molecule has 0 saturated heterocycles. The molecule has 0 aliphatic carbocycles. The average molecular weight is 250 g/mol. The van der Waals surface area contributed by atoms with E-state index in [0.29, 0.717) is 5.69 Å². The summed E-state index contributed by atoms with van der Waals surface area (Å²) in [5, 5.41) is 0. The number of aryl methyl sites for hydroxylation is 1. The molecule has 5 nitrogen and oxygen atoms in total. The predicted octanol–water partition coefficient (Wildman–Crippen LogP) is 1.41. The van der Waals surface area contributed by atoms with Crippen LogP contribution in [0.25, 0.3) is 0 Å². The first kappa shape index (κ1) is 14.2. The highest BCUT2D eigenvalue weighted by Gasteiger charge is 2.23. The number of ether oxygens (including phenoxy) is 1. The third-order valence-corrected chi connectivity index (χ3v) is 2.62. The topological polar surface area (TPSA) is 59.5 Å². The molecule has 0 N–H and O–H groups in total. The second-order valence-corrected chi connectivity index (χ2v) is 4.27. The Morgan fingerprint density at radius 1 is 1.44 bits per heavy atom. The van der Waals surface area contributed by atoms with Crippen molar-refractivity contribution in [2.45, 2.75) is 26.8 Å². The molecule has 0 spiro atoms. The van der Waals surface area contributed by atoms with Crippen molar-refractivity contribution >= 4 is 11.9 Å². The van der Waals surface area contributed by atoms with Gasteiger partial charge < -0.3 is 9.64 Å². The Hall–Kier alpha value is -1.91. The van der Waals surface area contributed by atoms with Crippen LogP contribution in [0.3, 0.4) is 0 Å². The van der Waals surface area contributed by atoms with Crippen molar-refractivity contribution in [2.75, 3.05) is 13.7 Å². The summed E-state index contributed by atoms with van der Waals surface area (Å²) in [6.07, 6.45) is 1.57. The number of carbonyl (C=O) groups is 2. The molecule has 1 aromatic rings. The summed E-state index contributed by atoms with van der Waals surface area (Å²) in [5.74, 6) is -0.695. The second-order valence-electron chi connectivity index (χ2n) is 4.27. The average Bonchev–Trinajstić information content (AvgIpc) is 2.35. The van der Waals surface area contributed by atoms with Gasteiger partial charge in [0.1, 0.15) is 12.2 Å². The van der Waals surface area contributed by atoms with Crippen molar-refractivity contribution in [1.82, 2.24) is 9.88 Å². The molecule has 0 saturated carbocycles. The van der Waals surface area contributed by atoms with Crippen molar-refractivity contribution in [3.05, 3.63) is 29.6 Å². The summed E-state index contributed by atoms with van der Waals surface area (Å²) in [4.78, 5) is 29.1.